The van der Waals surface area contributed by atoms with Gasteiger partial charge in [0, 0.05) is 8.95 Å². The van der Waals surface area contributed by atoms with E-state index < -0.39 is 0 Å². The third-order valence-corrected chi connectivity index (χ3v) is 3.59. The predicted molar refractivity (Wildman–Crippen MR) is 57.9 cm³/mol. The summed E-state index contributed by atoms with van der Waals surface area (Å²) in [5.74, 6) is -0.337. The zero-order valence-electron chi connectivity index (χ0n) is 7.23. The lowest BCUT2D eigenvalue weighted by molar-refractivity contribution is 0.0599. The summed E-state index contributed by atoms with van der Waals surface area (Å²) in [7, 11) is 1.37. The maximum Gasteiger partial charge on any atom is 0.339 e. The van der Waals surface area contributed by atoms with Gasteiger partial charge in [-0.15, -0.1) is 0 Å². The van der Waals surface area contributed by atoms with E-state index in [-0.39, 0.29) is 5.97 Å². The fraction of sp³-hybridized carbons (Fsp3) is 0.222. The number of carbonyl (C=O) groups is 1. The van der Waals surface area contributed by atoms with Crippen molar-refractivity contribution in [2.75, 3.05) is 7.11 Å². The average Bonchev–Trinajstić information content (AvgIpc) is 2.10. The maximum absolute atomic E-state index is 11.3. The Morgan fingerprint density at radius 1 is 1.38 bits per heavy atom. The summed E-state index contributed by atoms with van der Waals surface area (Å²) in [4.78, 5) is 11.3. The van der Waals surface area contributed by atoms with Crippen molar-refractivity contribution < 1.29 is 9.53 Å². The van der Waals surface area contributed by atoms with Crippen molar-refractivity contribution in [1.29, 1.82) is 0 Å². The van der Waals surface area contributed by atoms with Crippen LogP contribution in [0.4, 0.5) is 0 Å². The van der Waals surface area contributed by atoms with Gasteiger partial charge in [0.1, 0.15) is 0 Å². The van der Waals surface area contributed by atoms with E-state index in [1.165, 1.54) is 7.11 Å². The third-order valence-electron chi connectivity index (χ3n) is 1.58. The monoisotopic (exact) mass is 306 g/mol. The van der Waals surface area contributed by atoms with Crippen LogP contribution < -0.4 is 0 Å². The van der Waals surface area contributed by atoms with E-state index in [0.29, 0.717) is 5.56 Å². The molecule has 0 aliphatic heterocycles. The van der Waals surface area contributed by atoms with Gasteiger partial charge in [-0.1, -0.05) is 0 Å². The molecule has 4 heteroatoms. The molecular formula is C9H8Br2O2. The molecule has 0 atom stereocenters. The smallest absolute Gasteiger partial charge is 0.339 e. The number of hydrogen-bond acceptors (Lipinski definition) is 2. The number of halogens is 2. The van der Waals surface area contributed by atoms with E-state index in [4.69, 9.17) is 0 Å². The zero-order chi connectivity index (χ0) is 10.0. The van der Waals surface area contributed by atoms with Crippen LogP contribution in [0, 0.1) is 6.92 Å². The van der Waals surface area contributed by atoms with E-state index in [1.807, 2.05) is 13.0 Å². The number of ether oxygens (including phenoxy) is 1. The Bertz CT molecular complexity index is 348. The summed E-state index contributed by atoms with van der Waals surface area (Å²) in [6.07, 6.45) is 0. The summed E-state index contributed by atoms with van der Waals surface area (Å²) in [6.45, 7) is 1.92. The van der Waals surface area contributed by atoms with Gasteiger partial charge >= 0.3 is 5.97 Å². The first kappa shape index (κ1) is 10.7. The molecule has 1 aromatic carbocycles. The predicted octanol–water partition coefficient (Wildman–Crippen LogP) is 3.31. The van der Waals surface area contributed by atoms with Crippen LogP contribution in [0.5, 0.6) is 0 Å². The molecule has 0 fully saturated rings. The highest BCUT2D eigenvalue weighted by Crippen LogP contribution is 2.28. The molecular weight excluding hydrogens is 300 g/mol. The van der Waals surface area contributed by atoms with Crippen LogP contribution in [-0.2, 0) is 4.74 Å². The van der Waals surface area contributed by atoms with Gasteiger partial charge in [0.2, 0.25) is 0 Å². The molecule has 0 saturated heterocycles. The number of hydrogen-bond donors (Lipinski definition) is 0. The molecule has 0 aromatic heterocycles. The van der Waals surface area contributed by atoms with Crippen LogP contribution in [0.15, 0.2) is 21.1 Å². The highest BCUT2D eigenvalue weighted by atomic mass is 79.9. The average molecular weight is 308 g/mol. The number of benzene rings is 1. The standard InChI is InChI=1S/C9H8Br2O2/c1-5-3-6(9(12)13-2)8(11)7(10)4-5/h3-4H,1-2H3. The van der Waals surface area contributed by atoms with Crippen LogP contribution >= 0.6 is 31.9 Å². The van der Waals surface area contributed by atoms with Crippen LogP contribution in [0.2, 0.25) is 0 Å². The molecule has 1 rings (SSSR count). The normalized spacial score (nSPS) is 9.85. The van der Waals surface area contributed by atoms with E-state index in [1.54, 1.807) is 6.07 Å². The molecule has 0 saturated carbocycles. The van der Waals surface area contributed by atoms with Gasteiger partial charge in [-0.2, -0.15) is 0 Å². The second-order valence-electron chi connectivity index (χ2n) is 2.60. The Balaban J connectivity index is 3.28. The van der Waals surface area contributed by atoms with Gasteiger partial charge in [0.15, 0.2) is 0 Å². The molecule has 0 aliphatic carbocycles. The van der Waals surface area contributed by atoms with E-state index in [0.717, 1.165) is 14.5 Å². The molecule has 0 aliphatic rings. The molecule has 0 amide bonds. The van der Waals surface area contributed by atoms with E-state index >= 15 is 0 Å². The Morgan fingerprint density at radius 3 is 2.54 bits per heavy atom. The zero-order valence-corrected chi connectivity index (χ0v) is 10.4. The van der Waals surface area contributed by atoms with Crippen LogP contribution in [-0.4, -0.2) is 13.1 Å². The van der Waals surface area contributed by atoms with E-state index in [2.05, 4.69) is 36.6 Å². The van der Waals surface area contributed by atoms with Crippen LogP contribution in [0.25, 0.3) is 0 Å². The highest BCUT2D eigenvalue weighted by Gasteiger charge is 2.12. The molecule has 0 unspecified atom stereocenters. The fourth-order valence-electron chi connectivity index (χ4n) is 0.983. The number of rotatable bonds is 1. The fourth-order valence-corrected chi connectivity index (χ4v) is 1.95. The van der Waals surface area contributed by atoms with Crippen molar-refractivity contribution in [3.63, 3.8) is 0 Å². The van der Waals surface area contributed by atoms with Crippen molar-refractivity contribution in [2.45, 2.75) is 6.92 Å². The van der Waals surface area contributed by atoms with Crippen LogP contribution in [0.3, 0.4) is 0 Å². The Hall–Kier alpha value is -0.350. The maximum atomic E-state index is 11.3. The summed E-state index contributed by atoms with van der Waals surface area (Å²) in [5.41, 5.74) is 1.55. The Kier molecular flexibility index (Phi) is 3.50. The molecule has 0 spiro atoms. The first-order valence-electron chi connectivity index (χ1n) is 3.60. The molecule has 0 radical (unpaired) electrons. The van der Waals surface area contributed by atoms with Crippen molar-refractivity contribution >= 4 is 37.8 Å². The molecule has 0 bridgehead atoms. The summed E-state index contributed by atoms with van der Waals surface area (Å²) in [5, 5.41) is 0. The second-order valence-corrected chi connectivity index (χ2v) is 4.25. The van der Waals surface area contributed by atoms with Crippen molar-refractivity contribution in [3.8, 4) is 0 Å². The van der Waals surface area contributed by atoms with Gasteiger partial charge in [-0.05, 0) is 56.5 Å². The number of aryl methyl sites for hydroxylation is 1. The Labute approximate surface area is 93.5 Å². The van der Waals surface area contributed by atoms with Gasteiger partial charge in [-0.25, -0.2) is 4.79 Å². The minimum absolute atomic E-state index is 0.337. The second kappa shape index (κ2) is 4.24. The van der Waals surface area contributed by atoms with Gasteiger partial charge < -0.3 is 4.74 Å². The highest BCUT2D eigenvalue weighted by molar-refractivity contribution is 9.13. The molecule has 0 N–H and O–H groups in total. The molecule has 70 valence electrons. The summed E-state index contributed by atoms with van der Waals surface area (Å²) >= 11 is 6.65. The first-order chi connectivity index (χ1) is 6.06. The minimum atomic E-state index is -0.337. The molecule has 13 heavy (non-hydrogen) atoms. The third kappa shape index (κ3) is 2.31. The summed E-state index contributed by atoms with van der Waals surface area (Å²) in [6, 6.07) is 3.71. The minimum Gasteiger partial charge on any atom is -0.465 e. The summed E-state index contributed by atoms with van der Waals surface area (Å²) < 4.78 is 6.22. The lowest BCUT2D eigenvalue weighted by atomic mass is 10.1. The van der Waals surface area contributed by atoms with Gasteiger partial charge in [-0.3, -0.25) is 0 Å². The lowest BCUT2D eigenvalue weighted by Crippen LogP contribution is -2.03. The van der Waals surface area contributed by atoms with Gasteiger partial charge in [0.05, 0.1) is 12.7 Å². The number of esters is 1. The molecule has 1 aromatic rings. The lowest BCUT2D eigenvalue weighted by Gasteiger charge is -2.05. The Morgan fingerprint density at radius 2 is 2.00 bits per heavy atom. The molecule has 0 heterocycles. The van der Waals surface area contributed by atoms with Crippen molar-refractivity contribution in [3.05, 3.63) is 32.2 Å². The quantitative estimate of drug-likeness (QED) is 0.744. The van der Waals surface area contributed by atoms with Crippen LogP contribution in [0.1, 0.15) is 15.9 Å². The van der Waals surface area contributed by atoms with E-state index in [9.17, 15) is 4.79 Å². The topological polar surface area (TPSA) is 26.3 Å². The number of carbonyl (C=O) groups excluding carboxylic acids is 1. The number of methoxy groups -OCH3 is 1. The largest absolute Gasteiger partial charge is 0.465 e. The van der Waals surface area contributed by atoms with Crippen molar-refractivity contribution in [1.82, 2.24) is 0 Å². The van der Waals surface area contributed by atoms with Gasteiger partial charge in [0.25, 0.3) is 0 Å². The SMILES string of the molecule is COC(=O)c1cc(C)cc(Br)c1Br. The molecule has 2 nitrogen and oxygen atoms in total. The first-order valence-corrected chi connectivity index (χ1v) is 5.19. The van der Waals surface area contributed by atoms with Crippen molar-refractivity contribution in [2.24, 2.45) is 0 Å².